The number of benzene rings is 2. The first kappa shape index (κ1) is 40.7. The molecule has 1 unspecified atom stereocenters. The summed E-state index contributed by atoms with van der Waals surface area (Å²) in [4.78, 5) is 87.8. The van der Waals surface area contributed by atoms with E-state index >= 15 is 0 Å². The fourth-order valence-electron chi connectivity index (χ4n) is 4.58. The van der Waals surface area contributed by atoms with Gasteiger partial charge in [-0.1, -0.05) is 44.2 Å². The molecule has 0 radical (unpaired) electrons. The van der Waals surface area contributed by atoms with Crippen molar-refractivity contribution in [1.29, 1.82) is 0 Å². The summed E-state index contributed by atoms with van der Waals surface area (Å²) in [5.74, 6) is -8.18. The minimum atomic E-state index is -5.19. The van der Waals surface area contributed by atoms with Crippen LogP contribution in [0.4, 0.5) is 13.2 Å². The molecule has 0 heterocycles. The van der Waals surface area contributed by atoms with E-state index in [9.17, 15) is 56.9 Å². The number of carboxylic acid groups (broad SMARTS) is 1. The van der Waals surface area contributed by atoms with Crippen molar-refractivity contribution < 1.29 is 56.9 Å². The van der Waals surface area contributed by atoms with Crippen molar-refractivity contribution in [3.05, 3.63) is 65.7 Å². The Hall–Kier alpha value is -5.48. The monoisotopic (exact) mass is 707 g/mol. The first-order valence-electron chi connectivity index (χ1n) is 15.5. The summed E-state index contributed by atoms with van der Waals surface area (Å²) in [5.41, 5.74) is 0.648. The molecule has 4 atom stereocenters. The molecule has 2 aromatic rings. The van der Waals surface area contributed by atoms with Crippen molar-refractivity contribution in [2.75, 3.05) is 6.54 Å². The van der Waals surface area contributed by atoms with Crippen LogP contribution in [-0.4, -0.2) is 88.4 Å². The minimum Gasteiger partial charge on any atom is -0.508 e. The number of nitrogens with one attached hydrogen (secondary N) is 5. The summed E-state index contributed by atoms with van der Waals surface area (Å²) in [7, 11) is 0. The Kier molecular flexibility index (Phi) is 15.4. The highest BCUT2D eigenvalue weighted by atomic mass is 19.4. The largest absolute Gasteiger partial charge is 0.508 e. The second-order valence-corrected chi connectivity index (χ2v) is 11.8. The van der Waals surface area contributed by atoms with Gasteiger partial charge in [-0.15, -0.1) is 0 Å². The zero-order chi connectivity index (χ0) is 37.6. The van der Waals surface area contributed by atoms with Crippen LogP contribution in [0.5, 0.6) is 5.75 Å². The van der Waals surface area contributed by atoms with Crippen molar-refractivity contribution in [1.82, 2.24) is 26.6 Å². The fourth-order valence-corrected chi connectivity index (χ4v) is 4.58. The number of alkyl halides is 3. The van der Waals surface area contributed by atoms with E-state index in [2.05, 4.69) is 21.3 Å². The lowest BCUT2D eigenvalue weighted by atomic mass is 10.0. The molecule has 0 bridgehead atoms. The highest BCUT2D eigenvalue weighted by Crippen LogP contribution is 2.18. The Morgan fingerprint density at radius 1 is 0.740 bits per heavy atom. The van der Waals surface area contributed by atoms with Gasteiger partial charge >= 0.3 is 12.1 Å². The SMILES string of the molecule is CC(C)C[C@H](NC(=O)CNC(=O)[C@H](Cc1ccc(O)cc1)NC(=O)[C@H](CCC(=O)O)NC(=O)c1ccccc1)C(=O)NC(C)C(=O)C(F)(F)F. The number of amides is 5. The van der Waals surface area contributed by atoms with E-state index in [4.69, 9.17) is 0 Å². The molecule has 5 amide bonds. The molecule has 14 nitrogen and oxygen atoms in total. The molecular formula is C33H40F3N5O9. The lowest BCUT2D eigenvalue weighted by Gasteiger charge is -2.24. The summed E-state index contributed by atoms with van der Waals surface area (Å²) in [6.45, 7) is 3.47. The molecule has 0 spiro atoms. The molecule has 2 rings (SSSR count). The molecule has 7 N–H and O–H groups in total. The third kappa shape index (κ3) is 13.9. The summed E-state index contributed by atoms with van der Waals surface area (Å²) < 4.78 is 38.4. The molecule has 0 saturated heterocycles. The summed E-state index contributed by atoms with van der Waals surface area (Å²) in [5, 5.41) is 30.4. The third-order valence-corrected chi connectivity index (χ3v) is 7.13. The van der Waals surface area contributed by atoms with Gasteiger partial charge in [0.1, 0.15) is 23.9 Å². The van der Waals surface area contributed by atoms with Gasteiger partial charge in [-0.05, 0) is 55.5 Å². The maximum Gasteiger partial charge on any atom is 0.452 e. The quantitative estimate of drug-likeness (QED) is 0.119. The molecule has 272 valence electrons. The van der Waals surface area contributed by atoms with E-state index < -0.39 is 84.6 Å². The van der Waals surface area contributed by atoms with Gasteiger partial charge in [0.15, 0.2) is 0 Å². The van der Waals surface area contributed by atoms with Crippen LogP contribution < -0.4 is 26.6 Å². The molecule has 0 fully saturated rings. The van der Waals surface area contributed by atoms with E-state index in [0.29, 0.717) is 5.56 Å². The Morgan fingerprint density at radius 2 is 1.34 bits per heavy atom. The molecule has 0 aliphatic heterocycles. The number of rotatable bonds is 18. The topological polar surface area (TPSA) is 220 Å². The van der Waals surface area contributed by atoms with Crippen LogP contribution in [0.15, 0.2) is 54.6 Å². The van der Waals surface area contributed by atoms with Crippen LogP contribution in [0.3, 0.4) is 0 Å². The highest BCUT2D eigenvalue weighted by Gasteiger charge is 2.42. The number of aliphatic carboxylic acids is 1. The molecule has 0 saturated carbocycles. The standard InChI is InChI=1S/C33H40F3N5O9/c1-18(2)15-24(32(50)38-19(3)28(46)33(34,35)36)39-26(43)17-37-30(48)25(16-20-9-11-22(42)12-10-20)41-31(49)23(13-14-27(44)45)40-29(47)21-7-5-4-6-8-21/h4-12,18-19,23-25,42H,13-17H2,1-3H3,(H,37,48)(H,38,50)(H,39,43)(H,40,47)(H,41,49)(H,44,45)/t19?,23-,24-,25-/m0/s1. The zero-order valence-corrected chi connectivity index (χ0v) is 27.5. The third-order valence-electron chi connectivity index (χ3n) is 7.13. The summed E-state index contributed by atoms with van der Waals surface area (Å²) >= 11 is 0. The lowest BCUT2D eigenvalue weighted by Crippen LogP contribution is -2.56. The van der Waals surface area contributed by atoms with Crippen LogP contribution in [0.2, 0.25) is 0 Å². The van der Waals surface area contributed by atoms with Crippen molar-refractivity contribution in [2.45, 2.75) is 76.8 Å². The number of halogens is 3. The normalized spacial score (nSPS) is 13.6. The van der Waals surface area contributed by atoms with Gasteiger partial charge in [0.2, 0.25) is 23.6 Å². The van der Waals surface area contributed by atoms with E-state index in [1.165, 1.54) is 36.4 Å². The first-order chi connectivity index (χ1) is 23.4. The average Bonchev–Trinajstić information content (AvgIpc) is 3.04. The first-order valence-corrected chi connectivity index (χ1v) is 15.5. The number of phenolic OH excluding ortho intramolecular Hbond substituents is 1. The number of carbonyl (C=O) groups excluding carboxylic acids is 6. The minimum absolute atomic E-state index is 0.0234. The predicted octanol–water partition coefficient (Wildman–Crippen LogP) is 1.37. The zero-order valence-electron chi connectivity index (χ0n) is 27.5. The smallest absolute Gasteiger partial charge is 0.452 e. The van der Waals surface area contributed by atoms with Gasteiger partial charge in [-0.25, -0.2) is 0 Å². The van der Waals surface area contributed by atoms with E-state index in [0.717, 1.165) is 6.92 Å². The number of carbonyl (C=O) groups is 7. The Balaban J connectivity index is 2.20. The Labute approximate surface area is 285 Å². The second-order valence-electron chi connectivity index (χ2n) is 11.8. The second kappa shape index (κ2) is 18.9. The number of carboxylic acids is 1. The molecular weight excluding hydrogens is 667 g/mol. The maximum absolute atomic E-state index is 13.4. The van der Waals surface area contributed by atoms with Gasteiger partial charge in [-0.3, -0.25) is 33.6 Å². The molecule has 2 aromatic carbocycles. The fraction of sp³-hybridized carbons (Fsp3) is 0.424. The van der Waals surface area contributed by atoms with Crippen molar-refractivity contribution >= 4 is 41.3 Å². The van der Waals surface area contributed by atoms with E-state index in [-0.39, 0.29) is 36.5 Å². The Morgan fingerprint density at radius 3 is 1.90 bits per heavy atom. The van der Waals surface area contributed by atoms with Gasteiger partial charge < -0.3 is 36.8 Å². The molecule has 0 aliphatic carbocycles. The van der Waals surface area contributed by atoms with Crippen molar-refractivity contribution in [2.24, 2.45) is 5.92 Å². The highest BCUT2D eigenvalue weighted by molar-refractivity contribution is 5.99. The van der Waals surface area contributed by atoms with Gasteiger partial charge in [0.25, 0.3) is 11.7 Å². The van der Waals surface area contributed by atoms with Crippen LogP contribution in [0.25, 0.3) is 0 Å². The van der Waals surface area contributed by atoms with Crippen LogP contribution in [-0.2, 0) is 35.2 Å². The number of hydrogen-bond acceptors (Lipinski definition) is 8. The van der Waals surface area contributed by atoms with Crippen LogP contribution >= 0.6 is 0 Å². The molecule has 17 heteroatoms. The van der Waals surface area contributed by atoms with Gasteiger partial charge in [-0.2, -0.15) is 13.2 Å². The van der Waals surface area contributed by atoms with Crippen molar-refractivity contribution in [3.63, 3.8) is 0 Å². The average molecular weight is 708 g/mol. The maximum atomic E-state index is 13.4. The van der Waals surface area contributed by atoms with E-state index in [1.54, 1.807) is 32.0 Å². The van der Waals surface area contributed by atoms with Crippen molar-refractivity contribution in [3.8, 4) is 5.75 Å². The summed E-state index contributed by atoms with van der Waals surface area (Å²) in [6.07, 6.45) is -6.23. The lowest BCUT2D eigenvalue weighted by molar-refractivity contribution is -0.173. The molecule has 50 heavy (non-hydrogen) atoms. The molecule has 0 aromatic heterocycles. The number of hydrogen-bond donors (Lipinski definition) is 7. The van der Waals surface area contributed by atoms with Gasteiger partial charge in [0.05, 0.1) is 12.6 Å². The van der Waals surface area contributed by atoms with Crippen LogP contribution in [0.1, 0.15) is 56.0 Å². The van der Waals surface area contributed by atoms with Gasteiger partial charge in [0, 0.05) is 18.4 Å². The summed E-state index contributed by atoms with van der Waals surface area (Å²) in [6, 6.07) is 7.31. The van der Waals surface area contributed by atoms with Crippen LogP contribution in [0, 0.1) is 5.92 Å². The Bertz CT molecular complexity index is 1520. The number of Topliss-reactive ketones (excluding diaryl/α,β-unsaturated/α-hetero) is 1. The molecule has 0 aliphatic rings. The number of phenols is 1. The predicted molar refractivity (Wildman–Crippen MR) is 171 cm³/mol. The number of aromatic hydroxyl groups is 1. The van der Waals surface area contributed by atoms with E-state index in [1.807, 2.05) is 5.32 Å². The number of ketones is 1.